The minimum absolute atomic E-state index is 0.240. The Bertz CT molecular complexity index is 574. The predicted molar refractivity (Wildman–Crippen MR) is 83.2 cm³/mol. The monoisotopic (exact) mass is 266 g/mol. The highest BCUT2D eigenvalue weighted by atomic mass is 15.2. The zero-order valence-corrected chi connectivity index (χ0v) is 12.0. The molecule has 2 aromatic carbocycles. The molecule has 0 aliphatic heterocycles. The smallest absolute Gasteiger partial charge is 0.0491 e. The molecule has 3 N–H and O–H groups in total. The normalized spacial score (nSPS) is 19.4. The third-order valence-corrected chi connectivity index (χ3v) is 4.47. The molecule has 3 rings (SSSR count). The van der Waals surface area contributed by atoms with Crippen molar-refractivity contribution in [2.45, 2.75) is 32.2 Å². The second-order valence-electron chi connectivity index (χ2n) is 5.83. The lowest BCUT2D eigenvalue weighted by Crippen LogP contribution is -2.36. The number of hydrogen-bond donors (Lipinski definition) is 2. The molecule has 0 heterocycles. The summed E-state index contributed by atoms with van der Waals surface area (Å²) in [4.78, 5) is 0. The summed E-state index contributed by atoms with van der Waals surface area (Å²) in [6.45, 7) is 2.12. The van der Waals surface area contributed by atoms with E-state index in [2.05, 4.69) is 60.9 Å². The van der Waals surface area contributed by atoms with Gasteiger partial charge in [-0.25, -0.2) is 0 Å². The van der Waals surface area contributed by atoms with E-state index in [0.29, 0.717) is 5.92 Å². The van der Waals surface area contributed by atoms with E-state index in [1.807, 2.05) is 0 Å². The van der Waals surface area contributed by atoms with E-state index in [1.54, 1.807) is 0 Å². The first-order chi connectivity index (χ1) is 9.78. The Morgan fingerprint density at radius 1 is 1.05 bits per heavy atom. The number of nitrogens with two attached hydrogens (primary N) is 1. The van der Waals surface area contributed by atoms with Gasteiger partial charge in [-0.05, 0) is 48.8 Å². The number of hydrazine groups is 1. The molecule has 0 amide bonds. The van der Waals surface area contributed by atoms with E-state index in [9.17, 15) is 0 Å². The van der Waals surface area contributed by atoms with Crippen molar-refractivity contribution in [1.82, 2.24) is 5.43 Å². The zero-order chi connectivity index (χ0) is 13.9. The van der Waals surface area contributed by atoms with E-state index in [-0.39, 0.29) is 6.04 Å². The average Bonchev–Trinajstić information content (AvgIpc) is 2.50. The first kappa shape index (κ1) is 13.3. The van der Waals surface area contributed by atoms with Crippen molar-refractivity contribution in [3.8, 4) is 0 Å². The number of rotatable bonds is 3. The van der Waals surface area contributed by atoms with Gasteiger partial charge >= 0.3 is 0 Å². The second kappa shape index (κ2) is 5.78. The summed E-state index contributed by atoms with van der Waals surface area (Å²) >= 11 is 0. The number of hydrogen-bond acceptors (Lipinski definition) is 2. The van der Waals surface area contributed by atoms with E-state index in [1.165, 1.54) is 28.7 Å². The maximum Gasteiger partial charge on any atom is 0.0491 e. The molecule has 1 aliphatic carbocycles. The molecule has 2 unspecified atom stereocenters. The van der Waals surface area contributed by atoms with Crippen molar-refractivity contribution in [2.24, 2.45) is 11.8 Å². The van der Waals surface area contributed by atoms with Crippen molar-refractivity contribution in [1.29, 1.82) is 0 Å². The number of fused-ring (bicyclic) bond motifs is 1. The molecule has 104 valence electrons. The molecule has 0 bridgehead atoms. The van der Waals surface area contributed by atoms with Gasteiger partial charge in [0.25, 0.3) is 0 Å². The van der Waals surface area contributed by atoms with Crippen LogP contribution in [-0.4, -0.2) is 0 Å². The van der Waals surface area contributed by atoms with Crippen LogP contribution in [0, 0.1) is 12.8 Å². The summed E-state index contributed by atoms with van der Waals surface area (Å²) in [5, 5.41) is 0. The molecule has 2 aromatic rings. The zero-order valence-electron chi connectivity index (χ0n) is 12.0. The Morgan fingerprint density at radius 2 is 1.75 bits per heavy atom. The Balaban J connectivity index is 1.83. The summed E-state index contributed by atoms with van der Waals surface area (Å²) < 4.78 is 0. The molecule has 2 nitrogen and oxygen atoms in total. The van der Waals surface area contributed by atoms with Gasteiger partial charge in [0.05, 0.1) is 0 Å². The van der Waals surface area contributed by atoms with Gasteiger partial charge in [-0.1, -0.05) is 54.1 Å². The lowest BCUT2D eigenvalue weighted by atomic mass is 9.78. The fourth-order valence-electron chi connectivity index (χ4n) is 3.29. The average molecular weight is 266 g/mol. The fraction of sp³-hybridized carbons (Fsp3) is 0.333. The quantitative estimate of drug-likeness (QED) is 0.661. The predicted octanol–water partition coefficient (Wildman–Crippen LogP) is 3.30. The van der Waals surface area contributed by atoms with Crippen LogP contribution in [0.2, 0.25) is 0 Å². The first-order valence-electron chi connectivity index (χ1n) is 7.37. The minimum Gasteiger partial charge on any atom is -0.271 e. The molecule has 2 atom stereocenters. The highest BCUT2D eigenvalue weighted by Crippen LogP contribution is 2.33. The summed E-state index contributed by atoms with van der Waals surface area (Å²) in [7, 11) is 0. The molecular weight excluding hydrogens is 244 g/mol. The van der Waals surface area contributed by atoms with Crippen molar-refractivity contribution < 1.29 is 0 Å². The van der Waals surface area contributed by atoms with Gasteiger partial charge in [0.15, 0.2) is 0 Å². The highest BCUT2D eigenvalue weighted by Gasteiger charge is 2.26. The van der Waals surface area contributed by atoms with Gasteiger partial charge in [-0.3, -0.25) is 11.3 Å². The topological polar surface area (TPSA) is 38.0 Å². The molecule has 0 saturated heterocycles. The maximum atomic E-state index is 5.84. The van der Waals surface area contributed by atoms with Crippen LogP contribution in [0.3, 0.4) is 0 Å². The molecule has 0 saturated carbocycles. The van der Waals surface area contributed by atoms with Crippen LogP contribution in [0.1, 0.15) is 34.7 Å². The lowest BCUT2D eigenvalue weighted by molar-refractivity contribution is 0.329. The van der Waals surface area contributed by atoms with Gasteiger partial charge in [-0.15, -0.1) is 0 Å². The highest BCUT2D eigenvalue weighted by molar-refractivity contribution is 5.31. The maximum absolute atomic E-state index is 5.84. The van der Waals surface area contributed by atoms with Gasteiger partial charge in [0, 0.05) is 6.04 Å². The molecule has 0 fully saturated rings. The van der Waals surface area contributed by atoms with Crippen molar-refractivity contribution in [2.75, 3.05) is 0 Å². The SMILES string of the molecule is Cc1ccc(C(NN)C2CCc3ccccc3C2)cc1. The summed E-state index contributed by atoms with van der Waals surface area (Å²) in [6, 6.07) is 17.7. The van der Waals surface area contributed by atoms with Crippen LogP contribution < -0.4 is 11.3 Å². The van der Waals surface area contributed by atoms with E-state index < -0.39 is 0 Å². The van der Waals surface area contributed by atoms with Crippen LogP contribution in [0.15, 0.2) is 48.5 Å². The fourth-order valence-corrected chi connectivity index (χ4v) is 3.29. The second-order valence-corrected chi connectivity index (χ2v) is 5.83. The number of nitrogens with one attached hydrogen (secondary N) is 1. The number of aryl methyl sites for hydroxylation is 2. The van der Waals surface area contributed by atoms with E-state index >= 15 is 0 Å². The van der Waals surface area contributed by atoms with Crippen molar-refractivity contribution in [3.05, 3.63) is 70.8 Å². The van der Waals surface area contributed by atoms with E-state index in [4.69, 9.17) is 5.84 Å². The molecule has 2 heteroatoms. The van der Waals surface area contributed by atoms with Crippen LogP contribution in [-0.2, 0) is 12.8 Å². The molecular formula is C18H22N2. The van der Waals surface area contributed by atoms with Gasteiger partial charge in [-0.2, -0.15) is 0 Å². The van der Waals surface area contributed by atoms with Crippen LogP contribution >= 0.6 is 0 Å². The first-order valence-corrected chi connectivity index (χ1v) is 7.37. The van der Waals surface area contributed by atoms with Gasteiger partial charge in [0.1, 0.15) is 0 Å². The van der Waals surface area contributed by atoms with Crippen LogP contribution in [0.5, 0.6) is 0 Å². The largest absolute Gasteiger partial charge is 0.271 e. The molecule has 0 radical (unpaired) electrons. The Morgan fingerprint density at radius 3 is 2.45 bits per heavy atom. The van der Waals surface area contributed by atoms with Crippen LogP contribution in [0.4, 0.5) is 0 Å². The van der Waals surface area contributed by atoms with Crippen molar-refractivity contribution in [3.63, 3.8) is 0 Å². The Hall–Kier alpha value is -1.64. The third kappa shape index (κ3) is 2.62. The third-order valence-electron chi connectivity index (χ3n) is 4.47. The van der Waals surface area contributed by atoms with E-state index in [0.717, 1.165) is 12.8 Å². The summed E-state index contributed by atoms with van der Waals surface area (Å²) in [6.07, 6.45) is 3.46. The standard InChI is InChI=1S/C18H22N2/c1-13-6-8-15(9-7-13)18(20-19)17-11-10-14-4-2-3-5-16(14)12-17/h2-9,17-18,20H,10-12,19H2,1H3. The minimum atomic E-state index is 0.240. The van der Waals surface area contributed by atoms with Gasteiger partial charge in [0.2, 0.25) is 0 Å². The Kier molecular flexibility index (Phi) is 3.86. The summed E-state index contributed by atoms with van der Waals surface area (Å²) in [5.41, 5.74) is 8.61. The molecule has 0 spiro atoms. The Labute approximate surface area is 121 Å². The van der Waals surface area contributed by atoms with Gasteiger partial charge < -0.3 is 0 Å². The molecule has 20 heavy (non-hydrogen) atoms. The summed E-state index contributed by atoms with van der Waals surface area (Å²) in [5.74, 6) is 6.41. The van der Waals surface area contributed by atoms with Crippen molar-refractivity contribution >= 4 is 0 Å². The lowest BCUT2D eigenvalue weighted by Gasteiger charge is -2.31. The molecule has 1 aliphatic rings. The number of benzene rings is 2. The molecule has 0 aromatic heterocycles. The van der Waals surface area contributed by atoms with Crippen LogP contribution in [0.25, 0.3) is 0 Å².